The summed E-state index contributed by atoms with van der Waals surface area (Å²) in [7, 11) is 1.71. The predicted octanol–water partition coefficient (Wildman–Crippen LogP) is 2.53. The van der Waals surface area contributed by atoms with Gasteiger partial charge in [0.15, 0.2) is 0 Å². The van der Waals surface area contributed by atoms with E-state index in [4.69, 9.17) is 14.2 Å². The second kappa shape index (κ2) is 9.75. The molecule has 114 valence electrons. The molecule has 0 radical (unpaired) electrons. The third-order valence-electron chi connectivity index (χ3n) is 2.81. The van der Waals surface area contributed by atoms with Gasteiger partial charge in [0.05, 0.1) is 19.3 Å². The highest BCUT2D eigenvalue weighted by atomic mass is 16.5. The topological polar surface area (TPSA) is 39.7 Å². The highest BCUT2D eigenvalue weighted by Gasteiger charge is 2.04. The van der Waals surface area contributed by atoms with Crippen molar-refractivity contribution in [3.63, 3.8) is 0 Å². The van der Waals surface area contributed by atoms with Crippen LogP contribution in [-0.2, 0) is 16.0 Å². The Morgan fingerprint density at radius 1 is 1.15 bits per heavy atom. The summed E-state index contributed by atoms with van der Waals surface area (Å²) in [4.78, 5) is 0. The van der Waals surface area contributed by atoms with Gasteiger partial charge in [-0.3, -0.25) is 0 Å². The van der Waals surface area contributed by atoms with E-state index in [0.717, 1.165) is 18.8 Å². The highest BCUT2D eigenvalue weighted by molar-refractivity contribution is 5.36. The number of aryl methyl sites for hydroxylation is 1. The molecule has 0 saturated heterocycles. The Morgan fingerprint density at radius 3 is 2.65 bits per heavy atom. The average Bonchev–Trinajstić information content (AvgIpc) is 2.41. The summed E-state index contributed by atoms with van der Waals surface area (Å²) in [5, 5.41) is 3.34. The van der Waals surface area contributed by atoms with E-state index < -0.39 is 0 Å². The lowest BCUT2D eigenvalue weighted by Gasteiger charge is -2.14. The summed E-state index contributed by atoms with van der Waals surface area (Å²) in [6, 6.07) is 6.24. The van der Waals surface area contributed by atoms with E-state index in [9.17, 15) is 0 Å². The molecule has 20 heavy (non-hydrogen) atoms. The lowest BCUT2D eigenvalue weighted by Crippen LogP contribution is -2.19. The molecule has 1 aromatic carbocycles. The van der Waals surface area contributed by atoms with Crippen LogP contribution in [0.1, 0.15) is 25.0 Å². The summed E-state index contributed by atoms with van der Waals surface area (Å²) < 4.78 is 16.3. The smallest absolute Gasteiger partial charge is 0.123 e. The van der Waals surface area contributed by atoms with Gasteiger partial charge in [-0.05, 0) is 26.8 Å². The molecular formula is C16H27NO3. The number of benzene rings is 1. The predicted molar refractivity (Wildman–Crippen MR) is 81.3 cm³/mol. The van der Waals surface area contributed by atoms with E-state index in [2.05, 4.69) is 24.4 Å². The molecule has 0 heterocycles. The van der Waals surface area contributed by atoms with Crippen LogP contribution in [0, 0.1) is 6.92 Å². The van der Waals surface area contributed by atoms with Gasteiger partial charge in [-0.1, -0.05) is 17.7 Å². The zero-order chi connectivity index (χ0) is 14.8. The molecule has 0 aliphatic heterocycles. The van der Waals surface area contributed by atoms with Crippen molar-refractivity contribution in [3.8, 4) is 5.75 Å². The summed E-state index contributed by atoms with van der Waals surface area (Å²) in [5.74, 6) is 0.924. The van der Waals surface area contributed by atoms with Gasteiger partial charge in [0.1, 0.15) is 12.4 Å². The van der Waals surface area contributed by atoms with Crippen LogP contribution in [0.2, 0.25) is 0 Å². The van der Waals surface area contributed by atoms with Crippen LogP contribution in [0.15, 0.2) is 18.2 Å². The van der Waals surface area contributed by atoms with Crippen molar-refractivity contribution in [2.45, 2.75) is 33.4 Å². The van der Waals surface area contributed by atoms with E-state index in [1.165, 1.54) is 11.1 Å². The summed E-state index contributed by atoms with van der Waals surface area (Å²) in [5.41, 5.74) is 2.41. The third-order valence-corrected chi connectivity index (χ3v) is 2.81. The standard InChI is InChI=1S/C16H27NO3/c1-13(2)19-9-10-20-16-6-5-14(3)11-15(16)12-17-7-8-18-4/h5-6,11,13,17H,7-10,12H2,1-4H3. The molecule has 1 rings (SSSR count). The highest BCUT2D eigenvalue weighted by Crippen LogP contribution is 2.20. The first-order valence-corrected chi connectivity index (χ1v) is 7.17. The van der Waals surface area contributed by atoms with Gasteiger partial charge in [-0.15, -0.1) is 0 Å². The molecule has 1 aromatic rings. The van der Waals surface area contributed by atoms with Crippen molar-refractivity contribution in [2.75, 3.05) is 33.5 Å². The van der Waals surface area contributed by atoms with E-state index in [-0.39, 0.29) is 6.10 Å². The number of rotatable bonds is 10. The first-order chi connectivity index (χ1) is 9.63. The van der Waals surface area contributed by atoms with Crippen molar-refractivity contribution < 1.29 is 14.2 Å². The Balaban J connectivity index is 2.47. The van der Waals surface area contributed by atoms with Crippen molar-refractivity contribution >= 4 is 0 Å². The van der Waals surface area contributed by atoms with E-state index in [1.807, 2.05) is 19.9 Å². The molecule has 0 aromatic heterocycles. The van der Waals surface area contributed by atoms with Crippen molar-refractivity contribution in [3.05, 3.63) is 29.3 Å². The number of methoxy groups -OCH3 is 1. The van der Waals surface area contributed by atoms with Gasteiger partial charge in [-0.25, -0.2) is 0 Å². The second-order valence-electron chi connectivity index (χ2n) is 5.05. The summed E-state index contributed by atoms with van der Waals surface area (Å²) in [6.07, 6.45) is 0.242. The van der Waals surface area contributed by atoms with E-state index in [1.54, 1.807) is 7.11 Å². The first kappa shape index (κ1) is 17.0. The van der Waals surface area contributed by atoms with Crippen LogP contribution in [0.25, 0.3) is 0 Å². The molecule has 0 spiro atoms. The Morgan fingerprint density at radius 2 is 1.95 bits per heavy atom. The fraction of sp³-hybridized carbons (Fsp3) is 0.625. The average molecular weight is 281 g/mol. The maximum atomic E-state index is 5.80. The van der Waals surface area contributed by atoms with Gasteiger partial charge in [0.25, 0.3) is 0 Å². The molecule has 0 aliphatic rings. The molecule has 0 bridgehead atoms. The summed E-state index contributed by atoms with van der Waals surface area (Å²) >= 11 is 0. The second-order valence-corrected chi connectivity index (χ2v) is 5.05. The van der Waals surface area contributed by atoms with Gasteiger partial charge in [-0.2, -0.15) is 0 Å². The Labute approximate surface area is 122 Å². The molecule has 4 heteroatoms. The molecule has 0 aliphatic carbocycles. The number of ether oxygens (including phenoxy) is 3. The minimum atomic E-state index is 0.242. The van der Waals surface area contributed by atoms with Gasteiger partial charge in [0, 0.05) is 25.8 Å². The van der Waals surface area contributed by atoms with Gasteiger partial charge in [0.2, 0.25) is 0 Å². The van der Waals surface area contributed by atoms with E-state index in [0.29, 0.717) is 19.8 Å². The number of nitrogens with one attached hydrogen (secondary N) is 1. The molecule has 0 unspecified atom stereocenters. The summed E-state index contributed by atoms with van der Waals surface area (Å²) in [6.45, 7) is 9.66. The maximum absolute atomic E-state index is 5.80. The Bertz CT molecular complexity index is 380. The SMILES string of the molecule is COCCNCc1cc(C)ccc1OCCOC(C)C. The molecule has 4 nitrogen and oxygen atoms in total. The number of hydrogen-bond donors (Lipinski definition) is 1. The zero-order valence-electron chi connectivity index (χ0n) is 13.1. The minimum Gasteiger partial charge on any atom is -0.491 e. The van der Waals surface area contributed by atoms with E-state index >= 15 is 0 Å². The Hall–Kier alpha value is -1.10. The fourth-order valence-electron chi connectivity index (χ4n) is 1.82. The molecule has 0 fully saturated rings. The third kappa shape index (κ3) is 6.89. The van der Waals surface area contributed by atoms with Crippen LogP contribution >= 0.6 is 0 Å². The van der Waals surface area contributed by atoms with Crippen molar-refractivity contribution in [1.82, 2.24) is 5.32 Å². The lowest BCUT2D eigenvalue weighted by atomic mass is 10.1. The normalized spacial score (nSPS) is 11.1. The zero-order valence-corrected chi connectivity index (χ0v) is 13.1. The quantitative estimate of drug-likeness (QED) is 0.669. The molecule has 0 atom stereocenters. The molecular weight excluding hydrogens is 254 g/mol. The minimum absolute atomic E-state index is 0.242. The van der Waals surface area contributed by atoms with Crippen molar-refractivity contribution in [1.29, 1.82) is 0 Å². The van der Waals surface area contributed by atoms with Crippen LogP contribution < -0.4 is 10.1 Å². The number of hydrogen-bond acceptors (Lipinski definition) is 4. The lowest BCUT2D eigenvalue weighted by molar-refractivity contribution is 0.0550. The Kier molecular flexibility index (Phi) is 8.26. The largest absolute Gasteiger partial charge is 0.491 e. The molecule has 1 N–H and O–H groups in total. The van der Waals surface area contributed by atoms with Gasteiger partial charge < -0.3 is 19.5 Å². The van der Waals surface area contributed by atoms with Crippen LogP contribution in [0.3, 0.4) is 0 Å². The van der Waals surface area contributed by atoms with Crippen LogP contribution in [-0.4, -0.2) is 39.6 Å². The van der Waals surface area contributed by atoms with Gasteiger partial charge >= 0.3 is 0 Å². The van der Waals surface area contributed by atoms with Crippen LogP contribution in [0.4, 0.5) is 0 Å². The maximum Gasteiger partial charge on any atom is 0.123 e. The van der Waals surface area contributed by atoms with Crippen molar-refractivity contribution in [2.24, 2.45) is 0 Å². The first-order valence-electron chi connectivity index (χ1n) is 7.17. The molecule has 0 saturated carbocycles. The monoisotopic (exact) mass is 281 g/mol. The van der Waals surface area contributed by atoms with Crippen LogP contribution in [0.5, 0.6) is 5.75 Å². The fourth-order valence-corrected chi connectivity index (χ4v) is 1.82. The molecule has 0 amide bonds.